The topological polar surface area (TPSA) is 75.3 Å². The molecule has 88 valence electrons. The van der Waals surface area contributed by atoms with Crippen LogP contribution in [0.5, 0.6) is 0 Å². The van der Waals surface area contributed by atoms with Crippen LogP contribution in [0.15, 0.2) is 11.0 Å². The van der Waals surface area contributed by atoms with Crippen molar-refractivity contribution < 1.29 is 14.2 Å². The maximum absolute atomic E-state index is 13.1. The molecule has 0 radical (unpaired) electrons. The van der Waals surface area contributed by atoms with Crippen LogP contribution in [0.3, 0.4) is 0 Å². The van der Waals surface area contributed by atoms with Gasteiger partial charge in [0.05, 0.1) is 12.7 Å². The molecule has 16 heavy (non-hydrogen) atoms. The molecule has 2 atom stereocenters. The summed E-state index contributed by atoms with van der Waals surface area (Å²) < 4.78 is 19.3. The molecule has 2 N–H and O–H groups in total. The lowest BCUT2D eigenvalue weighted by molar-refractivity contribution is -0.0238. The highest BCUT2D eigenvalue weighted by molar-refractivity contribution is 7.06. The highest BCUT2D eigenvalue weighted by Crippen LogP contribution is 2.26. The minimum atomic E-state index is -0.736. The molecule has 1 aliphatic heterocycles. The van der Waals surface area contributed by atoms with E-state index in [0.29, 0.717) is 24.2 Å². The lowest BCUT2D eigenvalue weighted by atomic mass is 10.2. The SMILES string of the molecule is N=c1sc(=O)n([C@H]2CC[C@@H](CO)O2)cc1F. The van der Waals surface area contributed by atoms with Crippen LogP contribution in [0.25, 0.3) is 0 Å². The molecule has 7 heteroatoms. The molecule has 0 bridgehead atoms. The zero-order chi connectivity index (χ0) is 11.7. The molecule has 1 aromatic heterocycles. The first kappa shape index (κ1) is 11.4. The summed E-state index contributed by atoms with van der Waals surface area (Å²) in [5.41, 5.74) is 0. The van der Waals surface area contributed by atoms with E-state index in [0.717, 1.165) is 10.8 Å². The molecule has 0 aliphatic carbocycles. The van der Waals surface area contributed by atoms with E-state index in [2.05, 4.69) is 0 Å². The quantitative estimate of drug-likeness (QED) is 0.782. The summed E-state index contributed by atoms with van der Waals surface area (Å²) in [6.07, 6.45) is 1.37. The highest BCUT2D eigenvalue weighted by atomic mass is 32.1. The average molecular weight is 246 g/mol. The first-order valence-corrected chi connectivity index (χ1v) is 5.66. The van der Waals surface area contributed by atoms with Gasteiger partial charge in [-0.2, -0.15) is 0 Å². The predicted molar refractivity (Wildman–Crippen MR) is 54.6 cm³/mol. The number of aromatic nitrogens is 1. The summed E-state index contributed by atoms with van der Waals surface area (Å²) in [4.78, 5) is 11.1. The van der Waals surface area contributed by atoms with Crippen LogP contribution in [-0.2, 0) is 4.74 Å². The first-order valence-electron chi connectivity index (χ1n) is 4.84. The number of halogens is 1. The van der Waals surface area contributed by atoms with E-state index in [9.17, 15) is 9.18 Å². The van der Waals surface area contributed by atoms with Gasteiger partial charge < -0.3 is 9.84 Å². The molecular weight excluding hydrogens is 235 g/mol. The zero-order valence-corrected chi connectivity index (χ0v) is 9.17. The van der Waals surface area contributed by atoms with Gasteiger partial charge in [-0.25, -0.2) is 4.39 Å². The second-order valence-electron chi connectivity index (χ2n) is 3.55. The normalized spacial score (nSPS) is 24.9. The van der Waals surface area contributed by atoms with Crippen molar-refractivity contribution in [3.8, 4) is 0 Å². The van der Waals surface area contributed by atoms with Gasteiger partial charge in [0.1, 0.15) is 10.9 Å². The third-order valence-electron chi connectivity index (χ3n) is 2.47. The largest absolute Gasteiger partial charge is 0.394 e. The number of rotatable bonds is 2. The molecular formula is C9H11FN2O3S. The number of aliphatic hydroxyl groups excluding tert-OH is 1. The number of aliphatic hydroxyl groups is 1. The minimum Gasteiger partial charge on any atom is -0.394 e. The van der Waals surface area contributed by atoms with Crippen molar-refractivity contribution in [3.05, 3.63) is 26.4 Å². The minimum absolute atomic E-state index is 0.103. The lowest BCUT2D eigenvalue weighted by Crippen LogP contribution is -2.27. The van der Waals surface area contributed by atoms with Gasteiger partial charge in [0.2, 0.25) is 0 Å². The monoisotopic (exact) mass is 246 g/mol. The molecule has 1 aliphatic rings. The van der Waals surface area contributed by atoms with Gasteiger partial charge in [0.15, 0.2) is 5.82 Å². The summed E-state index contributed by atoms with van der Waals surface area (Å²) in [5.74, 6) is -0.736. The van der Waals surface area contributed by atoms with E-state index in [1.807, 2.05) is 0 Å². The Morgan fingerprint density at radius 1 is 1.69 bits per heavy atom. The molecule has 0 spiro atoms. The van der Waals surface area contributed by atoms with Crippen molar-refractivity contribution in [2.75, 3.05) is 6.61 Å². The molecule has 5 nitrogen and oxygen atoms in total. The Balaban J connectivity index is 2.32. The third kappa shape index (κ3) is 2.06. The molecule has 1 aromatic rings. The van der Waals surface area contributed by atoms with Crippen molar-refractivity contribution >= 4 is 11.3 Å². The first-order chi connectivity index (χ1) is 7.61. The van der Waals surface area contributed by atoms with Crippen molar-refractivity contribution in [2.45, 2.75) is 25.2 Å². The van der Waals surface area contributed by atoms with Gasteiger partial charge in [0, 0.05) is 6.20 Å². The van der Waals surface area contributed by atoms with Crippen LogP contribution in [0.4, 0.5) is 4.39 Å². The predicted octanol–water partition coefficient (Wildman–Crippen LogP) is 0.198. The standard InChI is InChI=1S/C9H11FN2O3S/c10-6-3-12(9(14)16-8(6)11)7-2-1-5(4-13)15-7/h3,5,7,11,13H,1-2,4H2/t5-,7+/m0/s1. The fourth-order valence-corrected chi connectivity index (χ4v) is 2.25. The van der Waals surface area contributed by atoms with E-state index in [1.165, 1.54) is 0 Å². The van der Waals surface area contributed by atoms with Crippen LogP contribution >= 0.6 is 11.3 Å². The van der Waals surface area contributed by atoms with Gasteiger partial charge in [0.25, 0.3) is 0 Å². The second-order valence-corrected chi connectivity index (χ2v) is 4.52. The molecule has 0 saturated carbocycles. The van der Waals surface area contributed by atoms with Crippen molar-refractivity contribution in [1.82, 2.24) is 4.57 Å². The van der Waals surface area contributed by atoms with Crippen molar-refractivity contribution in [2.24, 2.45) is 0 Å². The zero-order valence-electron chi connectivity index (χ0n) is 8.35. The molecule has 1 saturated heterocycles. The average Bonchev–Trinajstić information content (AvgIpc) is 2.71. The Labute approximate surface area is 94.3 Å². The smallest absolute Gasteiger partial charge is 0.311 e. The van der Waals surface area contributed by atoms with E-state index >= 15 is 0 Å². The summed E-state index contributed by atoms with van der Waals surface area (Å²) in [5, 5.41) is 16.0. The molecule has 1 fully saturated rings. The summed E-state index contributed by atoms with van der Waals surface area (Å²) in [7, 11) is 0. The highest BCUT2D eigenvalue weighted by Gasteiger charge is 2.26. The fourth-order valence-electron chi connectivity index (χ4n) is 1.65. The van der Waals surface area contributed by atoms with E-state index < -0.39 is 16.9 Å². The van der Waals surface area contributed by atoms with E-state index in [4.69, 9.17) is 15.3 Å². The maximum Gasteiger partial charge on any atom is 0.311 e. The number of ether oxygens (including phenoxy) is 1. The number of hydrogen-bond acceptors (Lipinski definition) is 5. The lowest BCUT2D eigenvalue weighted by Gasteiger charge is -2.14. The summed E-state index contributed by atoms with van der Waals surface area (Å²) in [6.45, 7) is -0.103. The van der Waals surface area contributed by atoms with Gasteiger partial charge in [-0.1, -0.05) is 11.3 Å². The fraction of sp³-hybridized carbons (Fsp3) is 0.556. The van der Waals surface area contributed by atoms with Crippen LogP contribution in [0.1, 0.15) is 19.1 Å². The molecule has 0 aromatic carbocycles. The van der Waals surface area contributed by atoms with Gasteiger partial charge in [-0.15, -0.1) is 0 Å². The number of nitrogens with one attached hydrogen (secondary N) is 1. The van der Waals surface area contributed by atoms with Crippen LogP contribution in [0.2, 0.25) is 0 Å². The van der Waals surface area contributed by atoms with Gasteiger partial charge >= 0.3 is 4.87 Å². The van der Waals surface area contributed by atoms with E-state index in [-0.39, 0.29) is 17.4 Å². The number of nitrogens with zero attached hydrogens (tertiary/aromatic N) is 1. The number of hydrogen-bond donors (Lipinski definition) is 2. The third-order valence-corrected chi connectivity index (χ3v) is 3.25. The Hall–Kier alpha value is -1.05. The summed E-state index contributed by atoms with van der Waals surface area (Å²) in [6, 6.07) is 0. The summed E-state index contributed by atoms with van der Waals surface area (Å²) >= 11 is 0.538. The Bertz CT molecular complexity index is 498. The van der Waals surface area contributed by atoms with E-state index in [1.54, 1.807) is 0 Å². The van der Waals surface area contributed by atoms with Crippen LogP contribution < -0.4 is 9.54 Å². The Morgan fingerprint density at radius 2 is 2.44 bits per heavy atom. The van der Waals surface area contributed by atoms with Crippen molar-refractivity contribution in [3.63, 3.8) is 0 Å². The van der Waals surface area contributed by atoms with Crippen molar-refractivity contribution in [1.29, 1.82) is 5.41 Å². The van der Waals surface area contributed by atoms with Gasteiger partial charge in [-0.05, 0) is 12.8 Å². The molecule has 2 rings (SSSR count). The Morgan fingerprint density at radius 3 is 3.06 bits per heavy atom. The Kier molecular flexibility index (Phi) is 3.17. The molecule has 2 heterocycles. The second kappa shape index (κ2) is 4.44. The van der Waals surface area contributed by atoms with Crippen LogP contribution in [-0.4, -0.2) is 22.4 Å². The molecule has 0 amide bonds. The molecule has 0 unspecified atom stereocenters. The van der Waals surface area contributed by atoms with Crippen LogP contribution in [0, 0.1) is 11.2 Å². The van der Waals surface area contributed by atoms with Gasteiger partial charge in [-0.3, -0.25) is 14.8 Å². The maximum atomic E-state index is 13.1.